The molecule has 0 radical (unpaired) electrons. The van der Waals surface area contributed by atoms with Crippen molar-refractivity contribution in [1.82, 2.24) is 4.57 Å². The molecule has 0 spiro atoms. The fourth-order valence-electron chi connectivity index (χ4n) is 3.19. The topological polar surface area (TPSA) is 28.5 Å². The Morgan fingerprint density at radius 3 is 2.65 bits per heavy atom. The molecule has 2 aromatic carbocycles. The second-order valence-electron chi connectivity index (χ2n) is 6.30. The second-order valence-corrected chi connectivity index (χ2v) is 6.30. The first kappa shape index (κ1) is 13.9. The smallest absolute Gasteiger partial charge is 0.259 e. The zero-order chi connectivity index (χ0) is 16.1. The maximum atomic E-state index is 12.8. The van der Waals surface area contributed by atoms with Gasteiger partial charge < -0.3 is 14.4 Å². The average Bonchev–Trinajstić information content (AvgIpc) is 3.08. The molecule has 0 saturated carbocycles. The van der Waals surface area contributed by atoms with Crippen LogP contribution in [-0.4, -0.2) is 24.6 Å². The van der Waals surface area contributed by atoms with Gasteiger partial charge in [0.2, 0.25) is 0 Å². The van der Waals surface area contributed by atoms with Crippen molar-refractivity contribution in [3.63, 3.8) is 0 Å². The summed E-state index contributed by atoms with van der Waals surface area (Å²) < 4.78 is 2.08. The lowest BCUT2D eigenvalue weighted by molar-refractivity contribution is 0.0996. The van der Waals surface area contributed by atoms with Crippen molar-refractivity contribution in [1.29, 1.82) is 0 Å². The largest absolute Gasteiger partial charge is 0.378 e. The summed E-state index contributed by atoms with van der Waals surface area (Å²) in [6, 6.07) is 14.4. The molecule has 1 amide bonds. The van der Waals surface area contributed by atoms with E-state index in [-0.39, 0.29) is 5.91 Å². The van der Waals surface area contributed by atoms with Crippen LogP contribution in [0.2, 0.25) is 0 Å². The molecule has 4 rings (SSSR count). The number of aryl methyl sites for hydroxylation is 1. The summed E-state index contributed by atoms with van der Waals surface area (Å²) in [5, 5.41) is 1.19. The van der Waals surface area contributed by atoms with Crippen LogP contribution < -0.4 is 9.80 Å². The zero-order valence-corrected chi connectivity index (χ0v) is 13.6. The number of anilines is 2. The molecule has 0 unspecified atom stereocenters. The van der Waals surface area contributed by atoms with E-state index >= 15 is 0 Å². The Bertz CT molecular complexity index is 924. The van der Waals surface area contributed by atoms with Crippen LogP contribution in [-0.2, 0) is 13.6 Å². The van der Waals surface area contributed by atoms with Gasteiger partial charge in [0.15, 0.2) is 0 Å². The first-order valence-electron chi connectivity index (χ1n) is 7.72. The maximum Gasteiger partial charge on any atom is 0.259 e. The number of hydrogen-bond donors (Lipinski definition) is 0. The molecule has 1 aliphatic heterocycles. The quantitative estimate of drug-likeness (QED) is 0.726. The van der Waals surface area contributed by atoms with Crippen molar-refractivity contribution < 1.29 is 4.79 Å². The van der Waals surface area contributed by atoms with E-state index in [2.05, 4.69) is 34.9 Å². The minimum absolute atomic E-state index is 0.0808. The van der Waals surface area contributed by atoms with Gasteiger partial charge in [0.1, 0.15) is 0 Å². The third-order valence-corrected chi connectivity index (χ3v) is 4.60. The number of aromatic nitrogens is 1. The molecule has 0 fully saturated rings. The Morgan fingerprint density at radius 1 is 1.04 bits per heavy atom. The first-order valence-corrected chi connectivity index (χ1v) is 7.72. The van der Waals surface area contributed by atoms with E-state index in [9.17, 15) is 4.79 Å². The van der Waals surface area contributed by atoms with Gasteiger partial charge >= 0.3 is 0 Å². The summed E-state index contributed by atoms with van der Waals surface area (Å²) in [5.74, 6) is 0.0808. The van der Waals surface area contributed by atoms with Gasteiger partial charge in [0, 0.05) is 49.8 Å². The number of nitrogens with zero attached hydrogens (tertiary/aromatic N) is 3. The number of carbonyl (C=O) groups is 1. The van der Waals surface area contributed by atoms with Gasteiger partial charge in [-0.05, 0) is 41.3 Å². The normalized spacial score (nSPS) is 13.7. The van der Waals surface area contributed by atoms with Crippen LogP contribution >= 0.6 is 0 Å². The van der Waals surface area contributed by atoms with E-state index in [4.69, 9.17) is 0 Å². The molecular weight excluding hydrogens is 286 g/mol. The molecule has 2 heterocycles. The van der Waals surface area contributed by atoms with E-state index in [1.54, 1.807) is 0 Å². The summed E-state index contributed by atoms with van der Waals surface area (Å²) in [5.41, 5.74) is 5.04. The van der Waals surface area contributed by atoms with Crippen molar-refractivity contribution in [3.05, 3.63) is 59.8 Å². The highest BCUT2D eigenvalue weighted by Crippen LogP contribution is 2.32. The highest BCUT2D eigenvalue weighted by atomic mass is 16.2. The van der Waals surface area contributed by atoms with Crippen LogP contribution in [0.5, 0.6) is 0 Å². The zero-order valence-electron chi connectivity index (χ0n) is 13.6. The highest BCUT2D eigenvalue weighted by Gasteiger charge is 2.29. The number of carbonyl (C=O) groups excluding carboxylic acids is 1. The molecule has 0 bridgehead atoms. The van der Waals surface area contributed by atoms with Crippen LogP contribution in [0, 0.1) is 0 Å². The molecule has 1 aromatic heterocycles. The Balaban J connectivity index is 1.75. The highest BCUT2D eigenvalue weighted by molar-refractivity contribution is 6.11. The number of hydrogen-bond acceptors (Lipinski definition) is 2. The predicted octanol–water partition coefficient (Wildman–Crippen LogP) is 3.40. The average molecular weight is 305 g/mol. The molecule has 3 aromatic rings. The fourth-order valence-corrected chi connectivity index (χ4v) is 3.19. The monoisotopic (exact) mass is 305 g/mol. The van der Waals surface area contributed by atoms with Gasteiger partial charge in [0.25, 0.3) is 5.91 Å². The van der Waals surface area contributed by atoms with Crippen molar-refractivity contribution in [3.8, 4) is 0 Å². The van der Waals surface area contributed by atoms with E-state index < -0.39 is 0 Å². The third-order valence-electron chi connectivity index (χ3n) is 4.60. The molecule has 1 aliphatic rings. The van der Waals surface area contributed by atoms with E-state index in [0.29, 0.717) is 6.54 Å². The van der Waals surface area contributed by atoms with Gasteiger partial charge in [-0.3, -0.25) is 4.79 Å². The molecule has 116 valence electrons. The summed E-state index contributed by atoms with van der Waals surface area (Å²) in [7, 11) is 6.00. The van der Waals surface area contributed by atoms with Gasteiger partial charge in [-0.2, -0.15) is 0 Å². The number of benzene rings is 2. The van der Waals surface area contributed by atoms with Crippen molar-refractivity contribution >= 4 is 28.2 Å². The minimum Gasteiger partial charge on any atom is -0.378 e. The van der Waals surface area contributed by atoms with Crippen molar-refractivity contribution in [2.75, 3.05) is 23.9 Å². The van der Waals surface area contributed by atoms with Crippen LogP contribution in [0.15, 0.2) is 48.7 Å². The molecule has 0 atom stereocenters. The van der Waals surface area contributed by atoms with Gasteiger partial charge in [-0.25, -0.2) is 0 Å². The molecule has 23 heavy (non-hydrogen) atoms. The standard InChI is InChI=1S/C19H19N3O/c1-20(2)15-6-5-14-12-22(19(23)17(14)10-15)16-7-4-13-8-9-21(3)18(13)11-16/h4-11H,12H2,1-3H3. The summed E-state index contributed by atoms with van der Waals surface area (Å²) >= 11 is 0. The summed E-state index contributed by atoms with van der Waals surface area (Å²) in [6.45, 7) is 0.637. The Hall–Kier alpha value is -2.75. The van der Waals surface area contributed by atoms with Gasteiger partial charge in [-0.1, -0.05) is 12.1 Å². The number of fused-ring (bicyclic) bond motifs is 2. The van der Waals surface area contributed by atoms with Crippen molar-refractivity contribution in [2.24, 2.45) is 7.05 Å². The first-order chi connectivity index (χ1) is 11.0. The van der Waals surface area contributed by atoms with Crippen LogP contribution in [0.3, 0.4) is 0 Å². The van der Waals surface area contributed by atoms with Crippen LogP contribution in [0.1, 0.15) is 15.9 Å². The Morgan fingerprint density at radius 2 is 1.87 bits per heavy atom. The van der Waals surface area contributed by atoms with Gasteiger partial charge in [-0.15, -0.1) is 0 Å². The van der Waals surface area contributed by atoms with E-state index in [1.165, 1.54) is 5.39 Å². The maximum absolute atomic E-state index is 12.8. The van der Waals surface area contributed by atoms with E-state index in [1.807, 2.05) is 49.3 Å². The molecule has 4 heteroatoms. The Kier molecular flexibility index (Phi) is 2.94. The summed E-state index contributed by atoms with van der Waals surface area (Å²) in [4.78, 5) is 16.7. The SMILES string of the molecule is CN(C)c1ccc2c(c1)C(=O)N(c1ccc3ccn(C)c3c1)C2. The predicted molar refractivity (Wildman–Crippen MR) is 94.2 cm³/mol. The lowest BCUT2D eigenvalue weighted by Crippen LogP contribution is -2.23. The molecule has 0 aliphatic carbocycles. The molecule has 4 nitrogen and oxygen atoms in total. The second kappa shape index (κ2) is 4.88. The van der Waals surface area contributed by atoms with Crippen LogP contribution in [0.4, 0.5) is 11.4 Å². The lowest BCUT2D eigenvalue weighted by Gasteiger charge is -2.16. The lowest BCUT2D eigenvalue weighted by atomic mass is 10.1. The Labute approximate surface area is 135 Å². The minimum atomic E-state index is 0.0808. The third kappa shape index (κ3) is 2.10. The molecule has 0 N–H and O–H groups in total. The van der Waals surface area contributed by atoms with Gasteiger partial charge in [0.05, 0.1) is 6.54 Å². The fraction of sp³-hybridized carbons (Fsp3) is 0.211. The molecule has 0 saturated heterocycles. The number of rotatable bonds is 2. The molecular formula is C19H19N3O. The summed E-state index contributed by atoms with van der Waals surface area (Å²) in [6.07, 6.45) is 2.04. The number of amides is 1. The van der Waals surface area contributed by atoms with E-state index in [0.717, 1.165) is 28.0 Å². The van der Waals surface area contributed by atoms with Crippen molar-refractivity contribution in [2.45, 2.75) is 6.54 Å². The van der Waals surface area contributed by atoms with Crippen LogP contribution in [0.25, 0.3) is 10.9 Å².